The Morgan fingerprint density at radius 1 is 1.31 bits per heavy atom. The molecule has 2 rings (SSSR count). The molecular weight excluding hydrogens is 373 g/mol. The van der Waals surface area contributed by atoms with Crippen LogP contribution in [0.15, 0.2) is 41.6 Å². The highest BCUT2D eigenvalue weighted by molar-refractivity contribution is 7.89. The molecule has 0 radical (unpaired) electrons. The Morgan fingerprint density at radius 3 is 2.58 bits per heavy atom. The average Bonchev–Trinajstić information content (AvgIpc) is 3.04. The number of halogens is 3. The van der Waals surface area contributed by atoms with Crippen LogP contribution in [-0.2, 0) is 21.2 Å². The van der Waals surface area contributed by atoms with Crippen molar-refractivity contribution in [1.29, 1.82) is 0 Å². The summed E-state index contributed by atoms with van der Waals surface area (Å²) in [4.78, 5) is 15.5. The summed E-state index contributed by atoms with van der Waals surface area (Å²) in [6, 6.07) is 4.21. The molecule has 2 aromatic rings. The number of carbonyl (C=O) groups is 1. The predicted octanol–water partition coefficient (Wildman–Crippen LogP) is 1.40. The van der Waals surface area contributed by atoms with Gasteiger partial charge in [-0.15, -0.1) is 0 Å². The van der Waals surface area contributed by atoms with Crippen LogP contribution in [0.25, 0.3) is 0 Å². The highest BCUT2D eigenvalue weighted by atomic mass is 32.2. The van der Waals surface area contributed by atoms with Gasteiger partial charge in [0.05, 0.1) is 11.4 Å². The molecule has 0 bridgehead atoms. The van der Waals surface area contributed by atoms with Crippen LogP contribution in [0.1, 0.15) is 12.4 Å². The maximum Gasteiger partial charge on any atom is 0.319 e. The number of nitrogens with zero attached hydrogens (tertiary/aromatic N) is 3. The Bertz CT molecular complexity index is 853. The lowest BCUT2D eigenvalue weighted by atomic mass is 10.4. The Hall–Kier alpha value is -2.40. The second-order valence-corrected chi connectivity index (χ2v) is 7.39. The first-order chi connectivity index (χ1) is 12.2. The summed E-state index contributed by atoms with van der Waals surface area (Å²) in [5, 5.41) is 2.45. The van der Waals surface area contributed by atoms with Crippen molar-refractivity contribution in [2.45, 2.75) is 17.9 Å². The molecule has 1 aromatic heterocycles. The second-order valence-electron chi connectivity index (χ2n) is 5.34. The van der Waals surface area contributed by atoms with Gasteiger partial charge in [-0.2, -0.15) is 13.1 Å². The number of nitrogens with one attached hydrogen (secondary N) is 1. The van der Waals surface area contributed by atoms with Gasteiger partial charge < -0.3 is 5.32 Å². The van der Waals surface area contributed by atoms with Gasteiger partial charge in [0.25, 0.3) is 0 Å². The molecule has 1 amide bonds. The Kier molecular flexibility index (Phi) is 6.37. The average molecular weight is 390 g/mol. The minimum Gasteiger partial charge on any atom is -0.355 e. The van der Waals surface area contributed by atoms with Crippen molar-refractivity contribution in [3.63, 3.8) is 0 Å². The van der Waals surface area contributed by atoms with Gasteiger partial charge in [-0.1, -0.05) is 0 Å². The molecule has 0 aliphatic carbocycles. The van der Waals surface area contributed by atoms with E-state index in [1.54, 1.807) is 0 Å². The lowest BCUT2D eigenvalue weighted by Gasteiger charge is -2.17. The first kappa shape index (κ1) is 19.9. The minimum absolute atomic E-state index is 0.0208. The third-order valence-corrected chi connectivity index (χ3v) is 5.34. The molecule has 0 fully saturated rings. The van der Waals surface area contributed by atoms with Gasteiger partial charge >= 0.3 is 6.55 Å². The first-order valence-corrected chi connectivity index (χ1v) is 8.94. The zero-order chi connectivity index (χ0) is 19.3. The lowest BCUT2D eigenvalue weighted by Crippen LogP contribution is -2.39. The molecule has 0 atom stereocenters. The molecule has 11 heteroatoms. The third kappa shape index (κ3) is 4.82. The molecule has 0 saturated carbocycles. The summed E-state index contributed by atoms with van der Waals surface area (Å²) in [6.45, 7) is -3.18. The molecule has 1 heterocycles. The quantitative estimate of drug-likeness (QED) is 0.739. The summed E-state index contributed by atoms with van der Waals surface area (Å²) < 4.78 is 64.3. The van der Waals surface area contributed by atoms with Gasteiger partial charge in [-0.3, -0.25) is 9.36 Å². The van der Waals surface area contributed by atoms with Crippen molar-refractivity contribution in [2.24, 2.45) is 0 Å². The fourth-order valence-corrected chi connectivity index (χ4v) is 3.29. The van der Waals surface area contributed by atoms with Crippen LogP contribution in [0, 0.1) is 5.82 Å². The van der Waals surface area contributed by atoms with Crippen LogP contribution in [-0.4, -0.2) is 48.3 Å². The van der Waals surface area contributed by atoms with Crippen molar-refractivity contribution >= 4 is 15.9 Å². The van der Waals surface area contributed by atoms with E-state index >= 15 is 0 Å². The summed E-state index contributed by atoms with van der Waals surface area (Å²) >= 11 is 0. The third-order valence-electron chi connectivity index (χ3n) is 3.52. The van der Waals surface area contributed by atoms with E-state index in [1.807, 2.05) is 0 Å². The molecular formula is C15H17F3N4O3S. The van der Waals surface area contributed by atoms with E-state index in [-0.39, 0.29) is 23.7 Å². The topological polar surface area (TPSA) is 84.3 Å². The second kappa shape index (κ2) is 8.32. The van der Waals surface area contributed by atoms with Gasteiger partial charge in [-0.25, -0.2) is 17.8 Å². The smallest absolute Gasteiger partial charge is 0.319 e. The number of alkyl halides is 2. The molecule has 142 valence electrons. The number of hydrogen-bond donors (Lipinski definition) is 1. The SMILES string of the molecule is CN(CC(=O)NCCc1nccn1C(F)F)S(=O)(=O)c1ccc(F)cc1. The summed E-state index contributed by atoms with van der Waals surface area (Å²) in [6.07, 6.45) is 2.43. The summed E-state index contributed by atoms with van der Waals surface area (Å²) in [7, 11) is -2.74. The van der Waals surface area contributed by atoms with E-state index < -0.39 is 34.8 Å². The molecule has 0 saturated heterocycles. The van der Waals surface area contributed by atoms with Gasteiger partial charge in [0.15, 0.2) is 0 Å². The van der Waals surface area contributed by atoms with Gasteiger partial charge in [-0.05, 0) is 24.3 Å². The van der Waals surface area contributed by atoms with Gasteiger partial charge in [0.1, 0.15) is 11.6 Å². The van der Waals surface area contributed by atoms with E-state index in [0.717, 1.165) is 34.8 Å². The Labute approximate surface area is 148 Å². The molecule has 1 N–H and O–H groups in total. The van der Waals surface area contributed by atoms with Crippen LogP contribution < -0.4 is 5.32 Å². The number of sulfonamides is 1. The van der Waals surface area contributed by atoms with Crippen molar-refractivity contribution in [1.82, 2.24) is 19.2 Å². The van der Waals surface area contributed by atoms with E-state index in [0.29, 0.717) is 4.57 Å². The van der Waals surface area contributed by atoms with Gasteiger partial charge in [0.2, 0.25) is 15.9 Å². The zero-order valence-corrected chi connectivity index (χ0v) is 14.6. The van der Waals surface area contributed by atoms with Crippen LogP contribution in [0.4, 0.5) is 13.2 Å². The number of rotatable bonds is 8. The molecule has 7 nitrogen and oxygen atoms in total. The molecule has 0 aliphatic heterocycles. The summed E-state index contributed by atoms with van der Waals surface area (Å²) in [5.41, 5.74) is 0. The molecule has 26 heavy (non-hydrogen) atoms. The molecule has 0 spiro atoms. The maximum absolute atomic E-state index is 12.9. The van der Waals surface area contributed by atoms with Gasteiger partial charge in [0, 0.05) is 32.4 Å². The minimum atomic E-state index is -3.95. The van der Waals surface area contributed by atoms with E-state index in [1.165, 1.54) is 13.2 Å². The van der Waals surface area contributed by atoms with Crippen LogP contribution in [0.3, 0.4) is 0 Å². The number of imidazole rings is 1. The largest absolute Gasteiger partial charge is 0.355 e. The van der Waals surface area contributed by atoms with Crippen molar-refractivity contribution < 1.29 is 26.4 Å². The number of benzene rings is 1. The number of aromatic nitrogens is 2. The van der Waals surface area contributed by atoms with E-state index in [9.17, 15) is 26.4 Å². The maximum atomic E-state index is 12.9. The number of likely N-dealkylation sites (N-methyl/N-ethyl adjacent to an activating group) is 1. The number of carbonyl (C=O) groups excluding carboxylic acids is 1. The van der Waals surface area contributed by atoms with E-state index in [2.05, 4.69) is 10.3 Å². The zero-order valence-electron chi connectivity index (χ0n) is 13.8. The highest BCUT2D eigenvalue weighted by Gasteiger charge is 2.23. The van der Waals surface area contributed by atoms with Crippen molar-refractivity contribution in [2.75, 3.05) is 20.1 Å². The van der Waals surface area contributed by atoms with Crippen molar-refractivity contribution in [3.05, 3.63) is 48.3 Å². The van der Waals surface area contributed by atoms with Crippen LogP contribution in [0.5, 0.6) is 0 Å². The predicted molar refractivity (Wildman–Crippen MR) is 86.4 cm³/mol. The van der Waals surface area contributed by atoms with Crippen LogP contribution >= 0.6 is 0 Å². The molecule has 0 aliphatic rings. The van der Waals surface area contributed by atoms with Crippen LogP contribution in [0.2, 0.25) is 0 Å². The normalized spacial score (nSPS) is 11.9. The van der Waals surface area contributed by atoms with E-state index in [4.69, 9.17) is 0 Å². The van der Waals surface area contributed by atoms with Crippen molar-refractivity contribution in [3.8, 4) is 0 Å². The fourth-order valence-electron chi connectivity index (χ4n) is 2.16. The Morgan fingerprint density at radius 2 is 1.96 bits per heavy atom. The number of amides is 1. The molecule has 0 unspecified atom stereocenters. The monoisotopic (exact) mass is 390 g/mol. The number of hydrogen-bond acceptors (Lipinski definition) is 4. The summed E-state index contributed by atoms with van der Waals surface area (Å²) in [5.74, 6) is -1.08. The Balaban J connectivity index is 1.88. The fraction of sp³-hybridized carbons (Fsp3) is 0.333. The lowest BCUT2D eigenvalue weighted by molar-refractivity contribution is -0.121. The standard InChI is InChI=1S/C15H17F3N4O3S/c1-21(26(24,25)12-4-2-11(16)3-5-12)10-14(23)20-7-6-13-19-8-9-22(13)15(17)18/h2-5,8-9,15H,6-7,10H2,1H3,(H,20,23). The molecule has 1 aromatic carbocycles. The highest BCUT2D eigenvalue weighted by Crippen LogP contribution is 2.14. The first-order valence-electron chi connectivity index (χ1n) is 7.50.